The minimum Gasteiger partial charge on any atom is -0.480 e. The van der Waals surface area contributed by atoms with Gasteiger partial charge in [-0.05, 0) is 31.6 Å². The molecular formula is C14H23NO3. The van der Waals surface area contributed by atoms with E-state index in [2.05, 4.69) is 12.2 Å². The lowest BCUT2D eigenvalue weighted by Crippen LogP contribution is -2.55. The number of carboxylic acid groups (broad SMARTS) is 1. The molecule has 0 aromatic heterocycles. The van der Waals surface area contributed by atoms with Crippen molar-refractivity contribution in [3.63, 3.8) is 0 Å². The second-order valence-corrected chi connectivity index (χ2v) is 5.77. The Kier molecular flexibility index (Phi) is 3.93. The Balaban J connectivity index is 1.99. The van der Waals surface area contributed by atoms with Crippen LogP contribution in [0.3, 0.4) is 0 Å². The standard InChI is InChI=1S/C14H23NO3/c1-2-10-6-3-4-7-11(10)15-12(16)14(13(17)18)8-5-9-14/h10-11H,2-9H2,1H3,(H,15,16)(H,17,18). The first-order valence-corrected chi connectivity index (χ1v) is 7.14. The molecule has 0 aromatic carbocycles. The SMILES string of the molecule is CCC1CCCCC1NC(=O)C1(C(=O)O)CCC1. The molecule has 2 saturated carbocycles. The number of aliphatic carboxylic acids is 1. The molecule has 2 unspecified atom stereocenters. The lowest BCUT2D eigenvalue weighted by atomic mass is 9.67. The summed E-state index contributed by atoms with van der Waals surface area (Å²) in [5, 5.41) is 12.3. The smallest absolute Gasteiger partial charge is 0.319 e. The van der Waals surface area contributed by atoms with Crippen LogP contribution in [0.1, 0.15) is 58.3 Å². The van der Waals surface area contributed by atoms with Gasteiger partial charge in [0, 0.05) is 6.04 Å². The summed E-state index contributed by atoms with van der Waals surface area (Å²) in [4.78, 5) is 23.5. The molecule has 4 heteroatoms. The molecule has 2 N–H and O–H groups in total. The molecule has 4 nitrogen and oxygen atoms in total. The molecule has 2 fully saturated rings. The number of carboxylic acids is 1. The summed E-state index contributed by atoms with van der Waals surface area (Å²) in [6.07, 6.45) is 7.43. The predicted octanol–water partition coefficient (Wildman–Crippen LogP) is 2.33. The Hall–Kier alpha value is -1.06. The van der Waals surface area contributed by atoms with E-state index >= 15 is 0 Å². The molecule has 18 heavy (non-hydrogen) atoms. The summed E-state index contributed by atoms with van der Waals surface area (Å²) in [7, 11) is 0. The van der Waals surface area contributed by atoms with E-state index in [0.29, 0.717) is 18.8 Å². The fourth-order valence-corrected chi connectivity index (χ4v) is 3.26. The Morgan fingerprint density at radius 2 is 1.89 bits per heavy atom. The van der Waals surface area contributed by atoms with Gasteiger partial charge in [0.2, 0.25) is 5.91 Å². The molecule has 1 amide bonds. The minimum absolute atomic E-state index is 0.188. The number of carbonyl (C=O) groups excluding carboxylic acids is 1. The van der Waals surface area contributed by atoms with Crippen molar-refractivity contribution >= 4 is 11.9 Å². The summed E-state index contributed by atoms with van der Waals surface area (Å²) < 4.78 is 0. The van der Waals surface area contributed by atoms with Gasteiger partial charge in [0.05, 0.1) is 0 Å². The van der Waals surface area contributed by atoms with Gasteiger partial charge in [-0.25, -0.2) is 0 Å². The molecular weight excluding hydrogens is 230 g/mol. The van der Waals surface area contributed by atoms with E-state index in [4.69, 9.17) is 0 Å². The average molecular weight is 253 g/mol. The Bertz CT molecular complexity index is 336. The normalized spacial score (nSPS) is 30.3. The van der Waals surface area contributed by atoms with Gasteiger partial charge in [-0.1, -0.05) is 32.6 Å². The van der Waals surface area contributed by atoms with Crippen LogP contribution < -0.4 is 5.32 Å². The summed E-state index contributed by atoms with van der Waals surface area (Å²) >= 11 is 0. The van der Waals surface area contributed by atoms with E-state index in [0.717, 1.165) is 32.1 Å². The Morgan fingerprint density at radius 1 is 1.22 bits per heavy atom. The quantitative estimate of drug-likeness (QED) is 0.756. The van der Waals surface area contributed by atoms with Gasteiger partial charge in [0.1, 0.15) is 5.41 Å². The van der Waals surface area contributed by atoms with Gasteiger partial charge in [-0.3, -0.25) is 9.59 Å². The van der Waals surface area contributed by atoms with Crippen LogP contribution in [0.15, 0.2) is 0 Å². The highest BCUT2D eigenvalue weighted by molar-refractivity contribution is 6.02. The van der Waals surface area contributed by atoms with Gasteiger partial charge in [-0.2, -0.15) is 0 Å². The number of rotatable bonds is 4. The molecule has 0 spiro atoms. The third kappa shape index (κ3) is 2.25. The zero-order valence-corrected chi connectivity index (χ0v) is 11.1. The van der Waals surface area contributed by atoms with Crippen molar-refractivity contribution in [2.24, 2.45) is 11.3 Å². The van der Waals surface area contributed by atoms with Gasteiger partial charge in [0.15, 0.2) is 0 Å². The van der Waals surface area contributed by atoms with Crippen molar-refractivity contribution in [2.45, 2.75) is 64.3 Å². The van der Waals surface area contributed by atoms with Crippen LogP contribution >= 0.6 is 0 Å². The van der Waals surface area contributed by atoms with Gasteiger partial charge in [0.25, 0.3) is 0 Å². The van der Waals surface area contributed by atoms with Crippen LogP contribution in [0.5, 0.6) is 0 Å². The highest BCUT2D eigenvalue weighted by atomic mass is 16.4. The van der Waals surface area contributed by atoms with Crippen LogP contribution in [-0.2, 0) is 9.59 Å². The molecule has 2 aliphatic carbocycles. The second kappa shape index (κ2) is 5.29. The van der Waals surface area contributed by atoms with Crippen LogP contribution in [0, 0.1) is 11.3 Å². The fraction of sp³-hybridized carbons (Fsp3) is 0.857. The zero-order chi connectivity index (χ0) is 13.2. The van der Waals surface area contributed by atoms with Gasteiger partial charge < -0.3 is 10.4 Å². The van der Waals surface area contributed by atoms with Crippen LogP contribution in [-0.4, -0.2) is 23.0 Å². The van der Waals surface area contributed by atoms with Crippen LogP contribution in [0.25, 0.3) is 0 Å². The maximum atomic E-state index is 12.2. The number of amides is 1. The van der Waals surface area contributed by atoms with Gasteiger partial charge >= 0.3 is 5.97 Å². The first kappa shape index (κ1) is 13.4. The van der Waals surface area contributed by atoms with E-state index in [9.17, 15) is 14.7 Å². The Morgan fingerprint density at radius 3 is 2.39 bits per heavy atom. The monoisotopic (exact) mass is 253 g/mol. The van der Waals surface area contributed by atoms with Crippen molar-refractivity contribution in [1.29, 1.82) is 0 Å². The van der Waals surface area contributed by atoms with E-state index < -0.39 is 11.4 Å². The minimum atomic E-state index is -1.12. The second-order valence-electron chi connectivity index (χ2n) is 5.77. The largest absolute Gasteiger partial charge is 0.480 e. The van der Waals surface area contributed by atoms with Crippen LogP contribution in [0.2, 0.25) is 0 Å². The maximum absolute atomic E-state index is 12.2. The first-order chi connectivity index (χ1) is 8.60. The summed E-state index contributed by atoms with van der Waals surface area (Å²) in [5.41, 5.74) is -1.12. The molecule has 0 aliphatic heterocycles. The highest BCUT2D eigenvalue weighted by Crippen LogP contribution is 2.42. The average Bonchev–Trinajstić information content (AvgIpc) is 2.27. The van der Waals surface area contributed by atoms with E-state index in [1.807, 2.05) is 0 Å². The zero-order valence-electron chi connectivity index (χ0n) is 11.1. The number of nitrogens with one attached hydrogen (secondary N) is 1. The maximum Gasteiger partial charge on any atom is 0.319 e. The molecule has 0 heterocycles. The third-order valence-electron chi connectivity index (χ3n) is 4.80. The molecule has 0 aromatic rings. The number of hydrogen-bond acceptors (Lipinski definition) is 2. The van der Waals surface area contributed by atoms with Crippen molar-refractivity contribution in [2.75, 3.05) is 0 Å². The van der Waals surface area contributed by atoms with Crippen molar-refractivity contribution < 1.29 is 14.7 Å². The number of hydrogen-bond donors (Lipinski definition) is 2. The van der Waals surface area contributed by atoms with Crippen molar-refractivity contribution in [3.8, 4) is 0 Å². The highest BCUT2D eigenvalue weighted by Gasteiger charge is 2.51. The van der Waals surface area contributed by atoms with Crippen molar-refractivity contribution in [1.82, 2.24) is 5.32 Å². The molecule has 0 saturated heterocycles. The first-order valence-electron chi connectivity index (χ1n) is 7.14. The van der Waals surface area contributed by atoms with E-state index in [1.54, 1.807) is 0 Å². The predicted molar refractivity (Wildman–Crippen MR) is 68.1 cm³/mol. The summed E-state index contributed by atoms with van der Waals surface area (Å²) in [5.74, 6) is -0.671. The summed E-state index contributed by atoms with van der Waals surface area (Å²) in [6, 6.07) is 0.188. The van der Waals surface area contributed by atoms with Crippen molar-refractivity contribution in [3.05, 3.63) is 0 Å². The molecule has 102 valence electrons. The van der Waals surface area contributed by atoms with Gasteiger partial charge in [-0.15, -0.1) is 0 Å². The lowest BCUT2D eigenvalue weighted by Gasteiger charge is -2.39. The van der Waals surface area contributed by atoms with Crippen LogP contribution in [0.4, 0.5) is 0 Å². The molecule has 2 rings (SSSR count). The molecule has 2 aliphatic rings. The molecule has 0 bridgehead atoms. The Labute approximate surface area is 108 Å². The topological polar surface area (TPSA) is 66.4 Å². The van der Waals surface area contributed by atoms with E-state index in [1.165, 1.54) is 6.42 Å². The summed E-state index contributed by atoms with van der Waals surface area (Å²) in [6.45, 7) is 2.14. The fourth-order valence-electron chi connectivity index (χ4n) is 3.26. The van der Waals surface area contributed by atoms with E-state index in [-0.39, 0.29) is 11.9 Å². The molecule has 2 atom stereocenters. The lowest BCUT2D eigenvalue weighted by molar-refractivity contribution is -0.162. The number of carbonyl (C=O) groups is 2. The third-order valence-corrected chi connectivity index (χ3v) is 4.80. The molecule has 0 radical (unpaired) electrons.